The van der Waals surface area contributed by atoms with Crippen LogP contribution in [0.3, 0.4) is 0 Å². The summed E-state index contributed by atoms with van der Waals surface area (Å²) in [5.74, 6) is 0.361. The molecule has 4 rings (SSSR count). The summed E-state index contributed by atoms with van der Waals surface area (Å²) in [5.41, 5.74) is 7.19. The average molecular weight is 428 g/mol. The zero-order valence-electron chi connectivity index (χ0n) is 19.1. The molecule has 5 heteroatoms. The Morgan fingerprint density at radius 2 is 1.72 bits per heavy atom. The first-order valence-electron chi connectivity index (χ1n) is 10.9. The standard InChI is InChI=1S/C27H29N3O2/c1-5-30-24-9-7-6-8-22(24)23-16-19(10-15-25(23)30)17-28-29-26(31)18-32-21-13-11-20(12-14-21)27(2,3)4/h6-17H,5,18H2,1-4H3,(H,29,31)/b28-17+. The van der Waals surface area contributed by atoms with Crippen LogP contribution in [-0.2, 0) is 16.8 Å². The number of ether oxygens (including phenoxy) is 1. The number of carbonyl (C=O) groups excluding carboxylic acids is 1. The minimum absolute atomic E-state index is 0.0824. The Morgan fingerprint density at radius 1 is 1.00 bits per heavy atom. The molecule has 32 heavy (non-hydrogen) atoms. The topological polar surface area (TPSA) is 55.6 Å². The molecule has 0 aliphatic heterocycles. The fourth-order valence-electron chi connectivity index (χ4n) is 3.90. The van der Waals surface area contributed by atoms with Crippen LogP contribution in [0.15, 0.2) is 71.8 Å². The molecule has 0 saturated carbocycles. The van der Waals surface area contributed by atoms with Gasteiger partial charge in [-0.3, -0.25) is 4.79 Å². The number of para-hydroxylation sites is 1. The Labute approximate surface area is 188 Å². The van der Waals surface area contributed by atoms with Gasteiger partial charge in [0.25, 0.3) is 5.91 Å². The van der Waals surface area contributed by atoms with Crippen molar-refractivity contribution in [3.8, 4) is 5.75 Å². The van der Waals surface area contributed by atoms with E-state index in [9.17, 15) is 4.79 Å². The lowest BCUT2D eigenvalue weighted by molar-refractivity contribution is -0.123. The van der Waals surface area contributed by atoms with Crippen LogP contribution >= 0.6 is 0 Å². The number of benzene rings is 3. The number of aryl methyl sites for hydroxylation is 1. The molecule has 1 N–H and O–H groups in total. The van der Waals surface area contributed by atoms with Crippen LogP contribution in [0.1, 0.15) is 38.8 Å². The number of hydrogen-bond acceptors (Lipinski definition) is 3. The number of nitrogens with zero attached hydrogens (tertiary/aromatic N) is 2. The molecule has 0 fully saturated rings. The smallest absolute Gasteiger partial charge is 0.277 e. The van der Waals surface area contributed by atoms with Crippen LogP contribution in [0.25, 0.3) is 21.8 Å². The van der Waals surface area contributed by atoms with Crippen molar-refractivity contribution < 1.29 is 9.53 Å². The molecule has 3 aromatic carbocycles. The summed E-state index contributed by atoms with van der Waals surface area (Å²) in [6, 6.07) is 22.4. The highest BCUT2D eigenvalue weighted by Crippen LogP contribution is 2.29. The molecule has 4 aromatic rings. The Kier molecular flexibility index (Phi) is 5.99. The van der Waals surface area contributed by atoms with Crippen LogP contribution < -0.4 is 10.2 Å². The third-order valence-corrected chi connectivity index (χ3v) is 5.61. The number of amides is 1. The maximum atomic E-state index is 12.1. The molecule has 164 valence electrons. The van der Waals surface area contributed by atoms with Crippen molar-refractivity contribution in [2.75, 3.05) is 6.61 Å². The summed E-state index contributed by atoms with van der Waals surface area (Å²) in [7, 11) is 0. The van der Waals surface area contributed by atoms with Crippen molar-refractivity contribution in [3.63, 3.8) is 0 Å². The van der Waals surface area contributed by atoms with Crippen LogP contribution in [0.5, 0.6) is 5.75 Å². The first kappa shape index (κ1) is 21.6. The highest BCUT2D eigenvalue weighted by molar-refractivity contribution is 6.09. The van der Waals surface area contributed by atoms with Crippen molar-refractivity contribution in [1.29, 1.82) is 0 Å². The predicted octanol–water partition coefficient (Wildman–Crippen LogP) is 5.64. The van der Waals surface area contributed by atoms with E-state index >= 15 is 0 Å². The third-order valence-electron chi connectivity index (χ3n) is 5.61. The number of rotatable bonds is 6. The molecule has 5 nitrogen and oxygen atoms in total. The molecule has 1 amide bonds. The van der Waals surface area contributed by atoms with Gasteiger partial charge in [0, 0.05) is 28.4 Å². The first-order chi connectivity index (χ1) is 15.4. The molecule has 0 atom stereocenters. The average Bonchev–Trinajstić information content (AvgIpc) is 3.10. The summed E-state index contributed by atoms with van der Waals surface area (Å²) < 4.78 is 7.87. The van der Waals surface area contributed by atoms with E-state index in [1.165, 1.54) is 27.4 Å². The molecule has 0 aliphatic rings. The number of fused-ring (bicyclic) bond motifs is 3. The molecule has 0 saturated heterocycles. The lowest BCUT2D eigenvalue weighted by Crippen LogP contribution is -2.24. The minimum atomic E-state index is -0.301. The second kappa shape index (κ2) is 8.87. The van der Waals surface area contributed by atoms with Gasteiger partial charge in [0.1, 0.15) is 5.75 Å². The Morgan fingerprint density at radius 3 is 2.44 bits per heavy atom. The van der Waals surface area contributed by atoms with Crippen molar-refractivity contribution in [2.24, 2.45) is 5.10 Å². The highest BCUT2D eigenvalue weighted by atomic mass is 16.5. The first-order valence-corrected chi connectivity index (χ1v) is 10.9. The van der Waals surface area contributed by atoms with Gasteiger partial charge in [0.2, 0.25) is 0 Å². The van der Waals surface area contributed by atoms with E-state index in [1.54, 1.807) is 6.21 Å². The summed E-state index contributed by atoms with van der Waals surface area (Å²) in [6.07, 6.45) is 1.66. The van der Waals surface area contributed by atoms with Gasteiger partial charge in [-0.2, -0.15) is 5.10 Å². The zero-order valence-corrected chi connectivity index (χ0v) is 19.1. The largest absolute Gasteiger partial charge is 0.484 e. The SMILES string of the molecule is CCn1c2ccccc2c2cc(/C=N/NC(=O)COc3ccc(C(C)(C)C)cc3)ccc21. The van der Waals surface area contributed by atoms with E-state index in [2.05, 4.69) is 79.2 Å². The molecule has 0 aliphatic carbocycles. The summed E-state index contributed by atoms with van der Waals surface area (Å²) >= 11 is 0. The summed E-state index contributed by atoms with van der Waals surface area (Å²) in [5, 5.41) is 6.50. The van der Waals surface area contributed by atoms with E-state index in [0.717, 1.165) is 12.1 Å². The van der Waals surface area contributed by atoms with Gasteiger partial charge >= 0.3 is 0 Å². The maximum Gasteiger partial charge on any atom is 0.277 e. The number of aromatic nitrogens is 1. The van der Waals surface area contributed by atoms with Gasteiger partial charge in [0.15, 0.2) is 6.61 Å². The maximum absolute atomic E-state index is 12.1. The van der Waals surface area contributed by atoms with E-state index < -0.39 is 0 Å². The molecule has 0 spiro atoms. The summed E-state index contributed by atoms with van der Waals surface area (Å²) in [6.45, 7) is 9.45. The van der Waals surface area contributed by atoms with Gasteiger partial charge < -0.3 is 9.30 Å². The molecule has 0 bridgehead atoms. The monoisotopic (exact) mass is 427 g/mol. The van der Waals surface area contributed by atoms with E-state index in [0.29, 0.717) is 5.75 Å². The number of hydrazone groups is 1. The van der Waals surface area contributed by atoms with Crippen LogP contribution in [0.4, 0.5) is 0 Å². The van der Waals surface area contributed by atoms with Gasteiger partial charge in [-0.25, -0.2) is 5.43 Å². The van der Waals surface area contributed by atoms with E-state index in [4.69, 9.17) is 4.74 Å². The van der Waals surface area contributed by atoms with Crippen molar-refractivity contribution >= 4 is 33.9 Å². The zero-order chi connectivity index (χ0) is 22.7. The third kappa shape index (κ3) is 4.52. The molecule has 0 radical (unpaired) electrons. The van der Waals surface area contributed by atoms with E-state index in [1.807, 2.05) is 30.3 Å². The van der Waals surface area contributed by atoms with Gasteiger partial charge in [-0.1, -0.05) is 57.2 Å². The second-order valence-electron chi connectivity index (χ2n) is 8.89. The lowest BCUT2D eigenvalue weighted by atomic mass is 9.87. The van der Waals surface area contributed by atoms with Gasteiger partial charge in [-0.15, -0.1) is 0 Å². The molecular formula is C27H29N3O2. The fraction of sp³-hybridized carbons (Fsp3) is 0.259. The number of carbonyl (C=O) groups is 1. The number of hydrogen-bond donors (Lipinski definition) is 1. The van der Waals surface area contributed by atoms with E-state index in [-0.39, 0.29) is 17.9 Å². The lowest BCUT2D eigenvalue weighted by Gasteiger charge is -2.19. The van der Waals surface area contributed by atoms with Gasteiger partial charge in [0.05, 0.1) is 6.21 Å². The molecular weight excluding hydrogens is 398 g/mol. The van der Waals surface area contributed by atoms with Crippen molar-refractivity contribution in [3.05, 3.63) is 77.9 Å². The molecule has 1 aromatic heterocycles. The highest BCUT2D eigenvalue weighted by Gasteiger charge is 2.13. The van der Waals surface area contributed by atoms with Crippen molar-refractivity contribution in [2.45, 2.75) is 39.7 Å². The summed E-state index contributed by atoms with van der Waals surface area (Å²) in [4.78, 5) is 12.1. The Hall–Kier alpha value is -3.60. The normalized spacial score (nSPS) is 12.0. The van der Waals surface area contributed by atoms with Crippen LogP contribution in [0, 0.1) is 0 Å². The molecule has 1 heterocycles. The van der Waals surface area contributed by atoms with Crippen LogP contribution in [-0.4, -0.2) is 23.3 Å². The molecule has 0 unspecified atom stereocenters. The van der Waals surface area contributed by atoms with Crippen molar-refractivity contribution in [1.82, 2.24) is 9.99 Å². The Balaban J connectivity index is 1.39. The van der Waals surface area contributed by atoms with Gasteiger partial charge in [-0.05, 0) is 53.8 Å². The second-order valence-corrected chi connectivity index (χ2v) is 8.89. The fourth-order valence-corrected chi connectivity index (χ4v) is 3.90. The minimum Gasteiger partial charge on any atom is -0.484 e. The number of nitrogens with one attached hydrogen (secondary N) is 1. The van der Waals surface area contributed by atoms with Crippen LogP contribution in [0.2, 0.25) is 0 Å². The quantitative estimate of drug-likeness (QED) is 0.320. The predicted molar refractivity (Wildman–Crippen MR) is 131 cm³/mol. The Bertz CT molecular complexity index is 1280.